The summed E-state index contributed by atoms with van der Waals surface area (Å²) < 4.78 is 0. The third-order valence-corrected chi connectivity index (χ3v) is 3.58. The highest BCUT2D eigenvalue weighted by Crippen LogP contribution is 2.13. The molecule has 0 bridgehead atoms. The van der Waals surface area contributed by atoms with E-state index in [-0.39, 0.29) is 0 Å². The van der Waals surface area contributed by atoms with E-state index in [0.29, 0.717) is 0 Å². The molecule has 0 aliphatic carbocycles. The molecule has 0 saturated heterocycles. The minimum absolute atomic E-state index is 0.934. The van der Waals surface area contributed by atoms with E-state index < -0.39 is 0 Å². The number of rotatable bonds is 7. The molecule has 0 spiro atoms. The number of benzene rings is 2. The van der Waals surface area contributed by atoms with Crippen molar-refractivity contribution in [3.63, 3.8) is 0 Å². The average Bonchev–Trinajstić information content (AvgIpc) is 2.52. The minimum atomic E-state index is 0.934. The number of nitrogens with zero attached hydrogens (tertiary/aromatic N) is 1. The molecule has 2 rings (SSSR count). The summed E-state index contributed by atoms with van der Waals surface area (Å²) >= 11 is 0. The number of likely N-dealkylation sites (N-methyl/N-ethyl adjacent to an activating group) is 1. The van der Waals surface area contributed by atoms with Gasteiger partial charge in [0, 0.05) is 32.4 Å². The van der Waals surface area contributed by atoms with Gasteiger partial charge in [0.25, 0.3) is 0 Å². The molecule has 0 aliphatic rings. The first kappa shape index (κ1) is 14.6. The maximum atomic E-state index is 3.48. The summed E-state index contributed by atoms with van der Waals surface area (Å²) in [5, 5.41) is 3.48. The van der Waals surface area contributed by atoms with Crippen LogP contribution in [0.1, 0.15) is 18.1 Å². The Hall–Kier alpha value is -1.80. The molecule has 0 amide bonds. The summed E-state index contributed by atoms with van der Waals surface area (Å²) in [7, 11) is 2.14. The second-order valence-corrected chi connectivity index (χ2v) is 5.10. The van der Waals surface area contributed by atoms with Crippen LogP contribution < -0.4 is 10.2 Å². The molecule has 106 valence electrons. The minimum Gasteiger partial charge on any atom is -0.373 e. The fourth-order valence-electron chi connectivity index (χ4n) is 2.19. The zero-order valence-corrected chi connectivity index (χ0v) is 12.5. The van der Waals surface area contributed by atoms with Crippen molar-refractivity contribution >= 4 is 5.69 Å². The molecule has 1 N–H and O–H groups in total. The van der Waals surface area contributed by atoms with Crippen molar-refractivity contribution in [2.24, 2.45) is 0 Å². The Kier molecular flexibility index (Phi) is 5.63. The van der Waals surface area contributed by atoms with Crippen molar-refractivity contribution in [2.45, 2.75) is 19.9 Å². The molecular formula is C18H24N2. The molecule has 0 heterocycles. The lowest BCUT2D eigenvalue weighted by Crippen LogP contribution is -2.28. The second-order valence-electron chi connectivity index (χ2n) is 5.10. The smallest absolute Gasteiger partial charge is 0.0364 e. The Labute approximate surface area is 122 Å². The third-order valence-electron chi connectivity index (χ3n) is 3.58. The zero-order valence-electron chi connectivity index (χ0n) is 12.5. The Morgan fingerprint density at radius 3 is 2.25 bits per heavy atom. The number of hydrogen-bond donors (Lipinski definition) is 1. The summed E-state index contributed by atoms with van der Waals surface area (Å²) in [5.74, 6) is 0. The molecule has 2 aromatic carbocycles. The van der Waals surface area contributed by atoms with Gasteiger partial charge in [-0.2, -0.15) is 0 Å². The van der Waals surface area contributed by atoms with Crippen molar-refractivity contribution in [2.75, 3.05) is 25.0 Å². The average molecular weight is 268 g/mol. The summed E-state index contributed by atoms with van der Waals surface area (Å²) in [6.45, 7) is 5.12. The molecule has 20 heavy (non-hydrogen) atoms. The van der Waals surface area contributed by atoms with Crippen molar-refractivity contribution in [3.8, 4) is 0 Å². The van der Waals surface area contributed by atoms with E-state index in [1.807, 2.05) is 0 Å². The molecule has 0 fully saturated rings. The molecule has 0 unspecified atom stereocenters. The van der Waals surface area contributed by atoms with Crippen LogP contribution in [-0.4, -0.2) is 20.1 Å². The van der Waals surface area contributed by atoms with Crippen LogP contribution in [-0.2, 0) is 13.0 Å². The van der Waals surface area contributed by atoms with Crippen LogP contribution in [0.4, 0.5) is 5.69 Å². The number of nitrogens with one attached hydrogen (secondary N) is 1. The van der Waals surface area contributed by atoms with Crippen LogP contribution >= 0.6 is 0 Å². The predicted molar refractivity (Wildman–Crippen MR) is 87.2 cm³/mol. The third kappa shape index (κ3) is 4.39. The van der Waals surface area contributed by atoms with E-state index in [2.05, 4.69) is 78.8 Å². The molecule has 2 aromatic rings. The number of aryl methyl sites for hydroxylation is 1. The number of anilines is 1. The van der Waals surface area contributed by atoms with Gasteiger partial charge in [0.1, 0.15) is 0 Å². The topological polar surface area (TPSA) is 15.3 Å². The van der Waals surface area contributed by atoms with Crippen LogP contribution in [0.3, 0.4) is 0 Å². The Balaban J connectivity index is 1.73. The van der Waals surface area contributed by atoms with Gasteiger partial charge in [-0.05, 0) is 29.7 Å². The lowest BCUT2D eigenvalue weighted by Gasteiger charge is -2.20. The van der Waals surface area contributed by atoms with Crippen LogP contribution in [0.25, 0.3) is 0 Å². The van der Waals surface area contributed by atoms with Gasteiger partial charge in [0.15, 0.2) is 0 Å². The molecule has 0 saturated carbocycles. The SMILES string of the molecule is CCc1ccc(N(C)CCNCc2ccccc2)cc1. The van der Waals surface area contributed by atoms with E-state index in [0.717, 1.165) is 26.1 Å². The van der Waals surface area contributed by atoms with E-state index in [1.165, 1.54) is 16.8 Å². The highest BCUT2D eigenvalue weighted by molar-refractivity contribution is 5.46. The molecule has 0 atom stereocenters. The van der Waals surface area contributed by atoms with E-state index >= 15 is 0 Å². The zero-order chi connectivity index (χ0) is 14.2. The molecular weight excluding hydrogens is 244 g/mol. The van der Waals surface area contributed by atoms with E-state index in [9.17, 15) is 0 Å². The first-order valence-corrected chi connectivity index (χ1v) is 7.34. The van der Waals surface area contributed by atoms with Gasteiger partial charge in [-0.3, -0.25) is 0 Å². The van der Waals surface area contributed by atoms with Crippen LogP contribution in [0.15, 0.2) is 54.6 Å². The summed E-state index contributed by atoms with van der Waals surface area (Å²) in [4.78, 5) is 2.29. The molecule has 0 aromatic heterocycles. The van der Waals surface area contributed by atoms with Crippen LogP contribution in [0.2, 0.25) is 0 Å². The Morgan fingerprint density at radius 2 is 1.60 bits per heavy atom. The molecule has 2 nitrogen and oxygen atoms in total. The maximum absolute atomic E-state index is 3.48. The van der Waals surface area contributed by atoms with Crippen LogP contribution in [0.5, 0.6) is 0 Å². The fourth-order valence-corrected chi connectivity index (χ4v) is 2.19. The van der Waals surface area contributed by atoms with Gasteiger partial charge in [0.2, 0.25) is 0 Å². The van der Waals surface area contributed by atoms with E-state index in [4.69, 9.17) is 0 Å². The Bertz CT molecular complexity index is 491. The molecule has 2 heteroatoms. The lowest BCUT2D eigenvalue weighted by atomic mass is 10.1. The molecule has 0 aliphatic heterocycles. The number of hydrogen-bond acceptors (Lipinski definition) is 2. The maximum Gasteiger partial charge on any atom is 0.0364 e. The van der Waals surface area contributed by atoms with Gasteiger partial charge in [0.05, 0.1) is 0 Å². The highest BCUT2D eigenvalue weighted by Gasteiger charge is 2.00. The largest absolute Gasteiger partial charge is 0.373 e. The first-order valence-electron chi connectivity index (χ1n) is 7.34. The van der Waals surface area contributed by atoms with Gasteiger partial charge in [-0.1, -0.05) is 49.4 Å². The lowest BCUT2D eigenvalue weighted by molar-refractivity contribution is 0.679. The van der Waals surface area contributed by atoms with Gasteiger partial charge < -0.3 is 10.2 Å². The quantitative estimate of drug-likeness (QED) is 0.773. The van der Waals surface area contributed by atoms with Gasteiger partial charge in [-0.25, -0.2) is 0 Å². The fraction of sp³-hybridized carbons (Fsp3) is 0.333. The summed E-state index contributed by atoms with van der Waals surface area (Å²) in [6, 6.07) is 19.4. The van der Waals surface area contributed by atoms with Gasteiger partial charge >= 0.3 is 0 Å². The normalized spacial score (nSPS) is 10.5. The van der Waals surface area contributed by atoms with Crippen LogP contribution in [0, 0.1) is 0 Å². The van der Waals surface area contributed by atoms with Crippen molar-refractivity contribution in [1.82, 2.24) is 5.32 Å². The second kappa shape index (κ2) is 7.71. The summed E-state index contributed by atoms with van der Waals surface area (Å²) in [6.07, 6.45) is 1.10. The Morgan fingerprint density at radius 1 is 0.900 bits per heavy atom. The monoisotopic (exact) mass is 268 g/mol. The highest BCUT2D eigenvalue weighted by atomic mass is 15.1. The van der Waals surface area contributed by atoms with Gasteiger partial charge in [-0.15, -0.1) is 0 Å². The van der Waals surface area contributed by atoms with Crippen molar-refractivity contribution in [3.05, 3.63) is 65.7 Å². The summed E-state index contributed by atoms with van der Waals surface area (Å²) in [5.41, 5.74) is 4.01. The van der Waals surface area contributed by atoms with Crippen molar-refractivity contribution in [1.29, 1.82) is 0 Å². The first-order chi connectivity index (χ1) is 9.79. The molecule has 0 radical (unpaired) electrons. The standard InChI is InChI=1S/C18H24N2/c1-3-16-9-11-18(12-10-16)20(2)14-13-19-15-17-7-5-4-6-8-17/h4-12,19H,3,13-15H2,1-2H3. The predicted octanol–water partition coefficient (Wildman–Crippen LogP) is 3.48. The van der Waals surface area contributed by atoms with Crippen molar-refractivity contribution < 1.29 is 0 Å². The van der Waals surface area contributed by atoms with E-state index in [1.54, 1.807) is 0 Å².